The molecule has 2 aromatic heterocycles. The summed E-state index contributed by atoms with van der Waals surface area (Å²) in [6, 6.07) is 32.0. The van der Waals surface area contributed by atoms with Crippen LogP contribution in [0.5, 0.6) is 11.5 Å². The summed E-state index contributed by atoms with van der Waals surface area (Å²) in [6.45, 7) is 9.97. The van der Waals surface area contributed by atoms with Gasteiger partial charge in [0.1, 0.15) is 24.2 Å². The molecule has 0 spiro atoms. The number of hydrogen-bond donors (Lipinski definition) is 1. The lowest BCUT2D eigenvalue weighted by Crippen LogP contribution is -2.45. The van der Waals surface area contributed by atoms with Crippen molar-refractivity contribution in [2.75, 3.05) is 97.1 Å². The summed E-state index contributed by atoms with van der Waals surface area (Å²) in [5.41, 5.74) is 11.1. The van der Waals surface area contributed by atoms with E-state index in [9.17, 15) is 9.90 Å². The van der Waals surface area contributed by atoms with E-state index in [0.29, 0.717) is 25.0 Å². The molecular weight excluding hydrogens is 793 g/mol. The molecule has 6 aromatic rings. The lowest BCUT2D eigenvalue weighted by molar-refractivity contribution is 0.0526. The number of nitrogens with zero attached hydrogens (tertiary/aromatic N) is 8. The van der Waals surface area contributed by atoms with Crippen LogP contribution in [0.4, 0.5) is 11.4 Å². The Morgan fingerprint density at radius 2 is 1.08 bits per heavy atom. The number of aliphatic hydroxyl groups excluding tert-OH is 1. The maximum atomic E-state index is 12.8. The van der Waals surface area contributed by atoms with Crippen LogP contribution in [0.15, 0.2) is 110 Å². The van der Waals surface area contributed by atoms with E-state index in [-0.39, 0.29) is 12.6 Å². The quantitative estimate of drug-likeness (QED) is 0.125. The smallest absolute Gasteiger partial charge is 0.340 e. The average Bonchev–Trinajstić information content (AvgIpc) is 3.32. The summed E-state index contributed by atoms with van der Waals surface area (Å²) in [5, 5.41) is 9.97. The van der Waals surface area contributed by atoms with Crippen molar-refractivity contribution < 1.29 is 24.1 Å². The van der Waals surface area contributed by atoms with Gasteiger partial charge in [-0.15, -0.1) is 0 Å². The molecule has 0 aliphatic carbocycles. The molecular formula is C50H58N8O5. The lowest BCUT2D eigenvalue weighted by Gasteiger charge is -2.35. The second-order valence-corrected chi connectivity index (χ2v) is 15.8. The zero-order valence-corrected chi connectivity index (χ0v) is 37.0. The Morgan fingerprint density at radius 1 is 0.603 bits per heavy atom. The summed E-state index contributed by atoms with van der Waals surface area (Å²) in [6.07, 6.45) is 4.44. The third kappa shape index (κ3) is 11.4. The van der Waals surface area contributed by atoms with Crippen molar-refractivity contribution in [3.05, 3.63) is 143 Å². The van der Waals surface area contributed by atoms with Gasteiger partial charge in [0.15, 0.2) is 0 Å². The fraction of sp³-hybridized carbons (Fsp3) is 0.340. The summed E-state index contributed by atoms with van der Waals surface area (Å²) in [5.74, 6) is 1.27. The second kappa shape index (κ2) is 21.6. The number of piperazine rings is 2. The van der Waals surface area contributed by atoms with E-state index in [1.165, 1.54) is 0 Å². The Bertz CT molecular complexity index is 2450. The molecule has 4 aromatic carbocycles. The number of likely N-dealkylation sites (N-methyl/N-ethyl adjacent to an activating group) is 2. The normalized spacial score (nSPS) is 14.4. The van der Waals surface area contributed by atoms with Crippen LogP contribution in [-0.2, 0) is 24.2 Å². The molecule has 0 radical (unpaired) electrons. The SMILES string of the molecule is CCOC(=O)c1cc(Cc2cc(-c3ccccc3OC)ncn2)ccc1N1CCN(C)CC1.COc1ccccc1-c1cc(Cc2ccc(N3CCN(C)CC3)c(CO)c2)ncn1. The maximum Gasteiger partial charge on any atom is 0.340 e. The zero-order valence-electron chi connectivity index (χ0n) is 37.0. The highest BCUT2D eigenvalue weighted by molar-refractivity contribution is 5.96. The number of rotatable bonds is 13. The van der Waals surface area contributed by atoms with Crippen LogP contribution in [0.1, 0.15) is 45.4 Å². The molecule has 328 valence electrons. The highest BCUT2D eigenvalue weighted by Crippen LogP contribution is 2.31. The predicted octanol–water partition coefficient (Wildman–Crippen LogP) is 6.66. The molecule has 2 aliphatic heterocycles. The summed E-state index contributed by atoms with van der Waals surface area (Å²) in [7, 11) is 7.58. The Labute approximate surface area is 370 Å². The van der Waals surface area contributed by atoms with Crippen LogP contribution in [0.25, 0.3) is 22.5 Å². The topological polar surface area (TPSA) is 130 Å². The first-order valence-electron chi connectivity index (χ1n) is 21.5. The molecule has 1 N–H and O–H groups in total. The van der Waals surface area contributed by atoms with Gasteiger partial charge in [0.25, 0.3) is 0 Å². The number of hydrogen-bond acceptors (Lipinski definition) is 13. The van der Waals surface area contributed by atoms with Gasteiger partial charge in [-0.2, -0.15) is 0 Å². The zero-order chi connectivity index (χ0) is 44.1. The Kier molecular flexibility index (Phi) is 15.3. The average molecular weight is 851 g/mol. The van der Waals surface area contributed by atoms with E-state index in [0.717, 1.165) is 126 Å². The van der Waals surface area contributed by atoms with Crippen molar-refractivity contribution in [1.29, 1.82) is 0 Å². The number of carbonyl (C=O) groups excluding carboxylic acids is 1. The number of anilines is 2. The third-order valence-corrected chi connectivity index (χ3v) is 11.5. The predicted molar refractivity (Wildman–Crippen MR) is 248 cm³/mol. The van der Waals surface area contributed by atoms with Gasteiger partial charge in [-0.3, -0.25) is 0 Å². The van der Waals surface area contributed by atoms with Crippen LogP contribution < -0.4 is 19.3 Å². The number of aliphatic hydroxyl groups is 1. The first-order chi connectivity index (χ1) is 30.8. The van der Waals surface area contributed by atoms with Gasteiger partial charge in [-0.1, -0.05) is 42.5 Å². The second-order valence-electron chi connectivity index (χ2n) is 15.8. The molecule has 8 rings (SSSR count). The Morgan fingerprint density at radius 3 is 1.57 bits per heavy atom. The number of carbonyl (C=O) groups is 1. The maximum absolute atomic E-state index is 12.8. The third-order valence-electron chi connectivity index (χ3n) is 11.5. The molecule has 0 unspecified atom stereocenters. The van der Waals surface area contributed by atoms with Gasteiger partial charge < -0.3 is 38.9 Å². The highest BCUT2D eigenvalue weighted by atomic mass is 16.5. The van der Waals surface area contributed by atoms with E-state index < -0.39 is 0 Å². The van der Waals surface area contributed by atoms with Gasteiger partial charge in [-0.25, -0.2) is 24.7 Å². The Hall–Kier alpha value is -6.41. The number of esters is 1. The number of para-hydroxylation sites is 2. The van der Waals surface area contributed by atoms with E-state index in [1.54, 1.807) is 26.9 Å². The van der Waals surface area contributed by atoms with E-state index in [4.69, 9.17) is 14.2 Å². The minimum absolute atomic E-state index is 0.0335. The van der Waals surface area contributed by atoms with E-state index in [1.807, 2.05) is 79.7 Å². The largest absolute Gasteiger partial charge is 0.496 e. The number of aromatic nitrogens is 4. The molecule has 2 fully saturated rings. The molecule has 4 heterocycles. The fourth-order valence-electron chi connectivity index (χ4n) is 8.03. The molecule has 0 bridgehead atoms. The van der Waals surface area contributed by atoms with Gasteiger partial charge in [-0.05, 0) is 86.7 Å². The van der Waals surface area contributed by atoms with Crippen LogP contribution in [-0.4, -0.2) is 128 Å². The van der Waals surface area contributed by atoms with Crippen molar-refractivity contribution in [1.82, 2.24) is 29.7 Å². The molecule has 0 saturated carbocycles. The summed E-state index contributed by atoms with van der Waals surface area (Å²) < 4.78 is 16.3. The van der Waals surface area contributed by atoms with Crippen molar-refractivity contribution in [2.24, 2.45) is 0 Å². The molecule has 0 amide bonds. The molecule has 2 saturated heterocycles. The van der Waals surface area contributed by atoms with Crippen LogP contribution >= 0.6 is 0 Å². The first-order valence-corrected chi connectivity index (χ1v) is 21.5. The van der Waals surface area contributed by atoms with Gasteiger partial charge in [0.2, 0.25) is 0 Å². The first kappa shape index (κ1) is 44.6. The number of methoxy groups -OCH3 is 2. The molecule has 13 nitrogen and oxygen atoms in total. The molecule has 2 aliphatic rings. The van der Waals surface area contributed by atoms with Crippen molar-refractivity contribution in [2.45, 2.75) is 26.4 Å². The van der Waals surface area contributed by atoms with E-state index >= 15 is 0 Å². The Balaban J connectivity index is 0.000000190. The number of benzene rings is 4. The van der Waals surface area contributed by atoms with Crippen molar-refractivity contribution in [3.8, 4) is 34.0 Å². The van der Waals surface area contributed by atoms with Crippen molar-refractivity contribution >= 4 is 17.3 Å². The summed E-state index contributed by atoms with van der Waals surface area (Å²) >= 11 is 0. The van der Waals surface area contributed by atoms with E-state index in [2.05, 4.69) is 77.9 Å². The van der Waals surface area contributed by atoms with Crippen LogP contribution in [0.2, 0.25) is 0 Å². The molecule has 63 heavy (non-hydrogen) atoms. The standard InChI is InChI=1S/C26H30N4O3.C24H28N4O2/c1-4-33-26(31)22-16-19(9-10-24(22)30-13-11-29(2)12-14-30)15-20-17-23(28-18-27-20)21-7-5-6-8-25(21)32-3;1-27-9-11-28(12-10-27)23-8-7-18(13-19(23)16-29)14-20-15-22(26-17-25-20)21-5-3-4-6-24(21)30-2/h5-10,16-18H,4,11-15H2,1-3H3;3-8,13,15,17,29H,9-12,14,16H2,1-2H3. The summed E-state index contributed by atoms with van der Waals surface area (Å²) in [4.78, 5) is 39.8. The lowest BCUT2D eigenvalue weighted by atomic mass is 10.0. The molecule has 0 atom stereocenters. The minimum atomic E-state index is -0.286. The van der Waals surface area contributed by atoms with Crippen molar-refractivity contribution in [3.63, 3.8) is 0 Å². The fourth-order valence-corrected chi connectivity index (χ4v) is 8.03. The number of ether oxygens (including phenoxy) is 3. The molecule has 13 heteroatoms. The van der Waals surface area contributed by atoms with Gasteiger partial charge in [0, 0.05) is 99.0 Å². The van der Waals surface area contributed by atoms with Crippen LogP contribution in [0, 0.1) is 0 Å². The van der Waals surface area contributed by atoms with Crippen LogP contribution in [0.3, 0.4) is 0 Å². The minimum Gasteiger partial charge on any atom is -0.496 e. The highest BCUT2D eigenvalue weighted by Gasteiger charge is 2.22. The van der Waals surface area contributed by atoms with Gasteiger partial charge in [0.05, 0.1) is 50.1 Å². The monoisotopic (exact) mass is 850 g/mol. The van der Waals surface area contributed by atoms with Gasteiger partial charge >= 0.3 is 5.97 Å².